The van der Waals surface area contributed by atoms with Gasteiger partial charge in [-0.15, -0.1) is 5.10 Å². The van der Waals surface area contributed by atoms with Crippen LogP contribution in [0.1, 0.15) is 0 Å². The summed E-state index contributed by atoms with van der Waals surface area (Å²) >= 11 is 0. The van der Waals surface area contributed by atoms with Gasteiger partial charge in [-0.3, -0.25) is 14.1 Å². The smallest absolute Gasteiger partial charge is 0.363 e. The summed E-state index contributed by atoms with van der Waals surface area (Å²) in [4.78, 5) is 34.9. The van der Waals surface area contributed by atoms with Gasteiger partial charge in [0, 0.05) is 0 Å². The number of carbonyl (C=O) groups excluding carboxylic acids is 3. The zero-order valence-electron chi connectivity index (χ0n) is 11.0. The van der Waals surface area contributed by atoms with Crippen LogP contribution in [0.4, 0.5) is 0 Å². The highest BCUT2D eigenvalue weighted by Gasteiger charge is 2.58. The van der Waals surface area contributed by atoms with Crippen molar-refractivity contribution in [1.82, 2.24) is 29.8 Å². The Kier molecular flexibility index (Phi) is 4.05. The second-order valence-electron chi connectivity index (χ2n) is 4.13. The van der Waals surface area contributed by atoms with Gasteiger partial charge < -0.3 is 10.1 Å². The number of nitrogens with one attached hydrogen (secondary N) is 1. The van der Waals surface area contributed by atoms with E-state index in [-0.39, 0.29) is 10.8 Å². The quantitative estimate of drug-likeness (QED) is 0.310. The summed E-state index contributed by atoms with van der Waals surface area (Å²) in [6.07, 6.45) is 1.14. The van der Waals surface area contributed by atoms with E-state index in [0.29, 0.717) is 0 Å². The highest BCUT2D eigenvalue weighted by Crippen LogP contribution is 2.24. The first-order valence-electron chi connectivity index (χ1n) is 5.64. The minimum atomic E-state index is -4.94. The van der Waals surface area contributed by atoms with Gasteiger partial charge in [0.15, 0.2) is 6.04 Å². The molecular formula is C8H10N6O7S. The van der Waals surface area contributed by atoms with E-state index in [1.165, 1.54) is 0 Å². The van der Waals surface area contributed by atoms with Gasteiger partial charge in [0.25, 0.3) is 5.91 Å². The Morgan fingerprint density at radius 1 is 1.50 bits per heavy atom. The van der Waals surface area contributed by atoms with Gasteiger partial charge in [-0.2, -0.15) is 12.7 Å². The predicted molar refractivity (Wildman–Crippen MR) is 63.9 cm³/mol. The van der Waals surface area contributed by atoms with Crippen molar-refractivity contribution in [2.45, 2.75) is 18.6 Å². The van der Waals surface area contributed by atoms with E-state index in [4.69, 9.17) is 4.55 Å². The molecule has 0 bridgehead atoms. The number of hydrogen-bond donors (Lipinski definition) is 2. The maximum atomic E-state index is 11.7. The summed E-state index contributed by atoms with van der Waals surface area (Å²) in [6, 6.07) is -3.15. The summed E-state index contributed by atoms with van der Waals surface area (Å²) in [5.74, 6) is -3.01. The molecule has 0 aliphatic carbocycles. The number of aromatic nitrogens is 4. The molecule has 2 amide bonds. The molecule has 2 heterocycles. The van der Waals surface area contributed by atoms with Gasteiger partial charge in [0.1, 0.15) is 18.9 Å². The number of ether oxygens (including phenoxy) is 1. The molecule has 2 atom stereocenters. The molecule has 1 fully saturated rings. The number of β-lactam (4-membered cyclic amide) rings is 1. The molecule has 1 saturated heterocycles. The highest BCUT2D eigenvalue weighted by molar-refractivity contribution is 7.84. The summed E-state index contributed by atoms with van der Waals surface area (Å²) in [5.41, 5.74) is 0. The van der Waals surface area contributed by atoms with Gasteiger partial charge in [-0.25, -0.2) is 9.48 Å². The largest absolute Gasteiger partial charge is 0.467 e. The van der Waals surface area contributed by atoms with Crippen LogP contribution >= 0.6 is 0 Å². The zero-order chi connectivity index (χ0) is 16.5. The summed E-state index contributed by atoms with van der Waals surface area (Å²) in [5, 5.41) is 12.2. The summed E-state index contributed by atoms with van der Waals surface area (Å²) < 4.78 is 36.3. The fourth-order valence-electron chi connectivity index (χ4n) is 1.83. The lowest BCUT2D eigenvalue weighted by molar-refractivity contribution is -0.162. The van der Waals surface area contributed by atoms with E-state index in [1.54, 1.807) is 0 Å². The molecule has 0 spiro atoms. The maximum Gasteiger partial charge on any atom is 0.363 e. The molecule has 2 N–H and O–H groups in total. The van der Waals surface area contributed by atoms with E-state index in [2.05, 4.69) is 25.6 Å². The number of carbonyl (C=O) groups is 3. The first-order chi connectivity index (χ1) is 10.3. The molecule has 0 aromatic carbocycles. The predicted octanol–water partition coefficient (Wildman–Crippen LogP) is -3.66. The van der Waals surface area contributed by atoms with Crippen LogP contribution in [0.2, 0.25) is 0 Å². The van der Waals surface area contributed by atoms with Crippen molar-refractivity contribution in [2.75, 3.05) is 7.11 Å². The van der Waals surface area contributed by atoms with Gasteiger partial charge in [0.2, 0.25) is 5.91 Å². The molecule has 0 unspecified atom stereocenters. The number of methoxy groups -OCH3 is 1. The molecule has 120 valence electrons. The Morgan fingerprint density at radius 2 is 2.18 bits per heavy atom. The molecule has 22 heavy (non-hydrogen) atoms. The second kappa shape index (κ2) is 5.64. The Bertz CT molecular complexity index is 701. The van der Waals surface area contributed by atoms with Crippen LogP contribution in [0.3, 0.4) is 0 Å². The fraction of sp³-hybridized carbons (Fsp3) is 0.500. The third-order valence-corrected chi connectivity index (χ3v) is 3.66. The zero-order valence-corrected chi connectivity index (χ0v) is 11.8. The second-order valence-corrected chi connectivity index (χ2v) is 5.42. The van der Waals surface area contributed by atoms with Crippen molar-refractivity contribution in [2.24, 2.45) is 0 Å². The molecule has 1 aliphatic heterocycles. The van der Waals surface area contributed by atoms with Crippen LogP contribution in [-0.4, -0.2) is 74.5 Å². The third-order valence-electron chi connectivity index (χ3n) is 2.76. The Hall–Kier alpha value is -2.61. The van der Waals surface area contributed by atoms with Gasteiger partial charge in [-0.1, -0.05) is 0 Å². The molecule has 0 radical (unpaired) electrons. The van der Waals surface area contributed by atoms with Crippen LogP contribution in [0.5, 0.6) is 0 Å². The van der Waals surface area contributed by atoms with Crippen molar-refractivity contribution in [3.05, 3.63) is 6.33 Å². The number of rotatable bonds is 5. The molecule has 1 aromatic rings. The van der Waals surface area contributed by atoms with Gasteiger partial charge in [-0.05, 0) is 10.4 Å². The monoisotopic (exact) mass is 334 g/mol. The van der Waals surface area contributed by atoms with Crippen molar-refractivity contribution < 1.29 is 32.1 Å². The first kappa shape index (κ1) is 15.8. The molecule has 14 heteroatoms. The third kappa shape index (κ3) is 2.86. The molecule has 13 nitrogen and oxygen atoms in total. The molecule has 2 rings (SSSR count). The molecule has 0 saturated carbocycles. The van der Waals surface area contributed by atoms with Crippen molar-refractivity contribution in [1.29, 1.82) is 0 Å². The van der Waals surface area contributed by atoms with E-state index >= 15 is 0 Å². The number of tetrazole rings is 1. The van der Waals surface area contributed by atoms with Crippen LogP contribution in [0.15, 0.2) is 6.33 Å². The molecule has 1 aliphatic rings. The number of nitrogens with zero attached hydrogens (tertiary/aromatic N) is 5. The Balaban J connectivity index is 2.11. The highest BCUT2D eigenvalue weighted by atomic mass is 32.2. The van der Waals surface area contributed by atoms with E-state index in [1.807, 2.05) is 0 Å². The fourth-order valence-corrected chi connectivity index (χ4v) is 2.67. The number of hydrogen-bond acceptors (Lipinski definition) is 9. The molecule has 1 aromatic heterocycles. The molecular weight excluding hydrogens is 324 g/mol. The lowest BCUT2D eigenvalue weighted by Crippen LogP contribution is -2.74. The van der Waals surface area contributed by atoms with Crippen LogP contribution in [0.25, 0.3) is 0 Å². The maximum absolute atomic E-state index is 11.7. The minimum Gasteiger partial charge on any atom is -0.467 e. The lowest BCUT2D eigenvalue weighted by atomic mass is 9.99. The first-order valence-corrected chi connectivity index (χ1v) is 7.04. The summed E-state index contributed by atoms with van der Waals surface area (Å²) in [6.45, 7) is -0.351. The topological polar surface area (TPSA) is 174 Å². The van der Waals surface area contributed by atoms with Crippen molar-refractivity contribution in [3.8, 4) is 0 Å². The van der Waals surface area contributed by atoms with Crippen molar-refractivity contribution in [3.63, 3.8) is 0 Å². The van der Waals surface area contributed by atoms with E-state index < -0.39 is 40.2 Å². The van der Waals surface area contributed by atoms with Crippen LogP contribution in [0, 0.1) is 0 Å². The lowest BCUT2D eigenvalue weighted by Gasteiger charge is -2.41. The standard InChI is InChI=1S/C8H10N6O7S/c1-21-8(17)6-5(7(16)14(6)22(18,19)20)10-4(15)2-13-3-9-11-12-13/h3,5-6H,2H2,1H3,(H,10,15)(H,18,19,20)/t5-,6-/m1/s1. The Morgan fingerprint density at radius 3 is 2.68 bits per heavy atom. The van der Waals surface area contributed by atoms with Gasteiger partial charge in [0.05, 0.1) is 7.11 Å². The van der Waals surface area contributed by atoms with Crippen molar-refractivity contribution >= 4 is 28.1 Å². The average molecular weight is 334 g/mol. The minimum absolute atomic E-state index is 0.0686. The Labute approximate surface area is 123 Å². The average Bonchev–Trinajstić information content (AvgIpc) is 2.92. The van der Waals surface area contributed by atoms with E-state index in [9.17, 15) is 22.8 Å². The van der Waals surface area contributed by atoms with Crippen LogP contribution in [-0.2, 0) is 36.0 Å². The normalized spacial score (nSPS) is 21.2. The SMILES string of the molecule is COC(=O)[C@H]1[C@@H](NC(=O)Cn2cnnn2)C(=O)N1S(=O)(=O)O. The number of esters is 1. The summed E-state index contributed by atoms with van der Waals surface area (Å²) in [7, 11) is -3.98. The van der Waals surface area contributed by atoms with E-state index in [0.717, 1.165) is 18.1 Å². The van der Waals surface area contributed by atoms with Gasteiger partial charge >= 0.3 is 16.3 Å². The number of amides is 2. The van der Waals surface area contributed by atoms with Crippen LogP contribution < -0.4 is 5.32 Å².